The van der Waals surface area contributed by atoms with E-state index in [0.717, 1.165) is 45.9 Å². The van der Waals surface area contributed by atoms with Gasteiger partial charge in [-0.25, -0.2) is 8.78 Å². The van der Waals surface area contributed by atoms with Crippen LogP contribution in [0.4, 0.5) is 8.78 Å². The third-order valence-electron chi connectivity index (χ3n) is 7.82. The van der Waals surface area contributed by atoms with Gasteiger partial charge in [-0.1, -0.05) is 72.7 Å². The van der Waals surface area contributed by atoms with Crippen molar-refractivity contribution in [2.75, 3.05) is 0 Å². The van der Waals surface area contributed by atoms with Crippen LogP contribution in [-0.4, -0.2) is 18.4 Å². The number of alkyl halides is 2. The van der Waals surface area contributed by atoms with Crippen LogP contribution in [0.25, 0.3) is 0 Å². The van der Waals surface area contributed by atoms with Gasteiger partial charge in [0.05, 0.1) is 11.8 Å². The van der Waals surface area contributed by atoms with Crippen LogP contribution < -0.4 is 0 Å². The van der Waals surface area contributed by atoms with Crippen LogP contribution in [0.3, 0.4) is 0 Å². The molecule has 0 bridgehead atoms. The zero-order valence-corrected chi connectivity index (χ0v) is 26.5. The minimum absolute atomic E-state index is 0.0473. The van der Waals surface area contributed by atoms with E-state index in [1.54, 1.807) is 12.1 Å². The van der Waals surface area contributed by atoms with Gasteiger partial charge in [-0.2, -0.15) is 0 Å². The fraction of sp³-hybridized carbons (Fsp3) is 0.621. The van der Waals surface area contributed by atoms with Crippen molar-refractivity contribution in [3.8, 4) is 0 Å². The molecule has 3 nitrogen and oxygen atoms in total. The van der Waals surface area contributed by atoms with E-state index in [0.29, 0.717) is 5.56 Å². The number of nitrogens with zero attached hydrogens (tertiary/aromatic N) is 1. The minimum Gasteiger partial charge on any atom is -0.410 e. The Labute approximate surface area is 230 Å². The van der Waals surface area contributed by atoms with E-state index in [2.05, 4.69) is 84.2 Å². The molecule has 0 saturated heterocycles. The minimum atomic E-state index is -2.92. The highest BCUT2D eigenvalue weighted by Gasteiger charge is 2.44. The Morgan fingerprint density at radius 2 is 1.67 bits per heavy atom. The van der Waals surface area contributed by atoms with E-state index >= 15 is 0 Å². The molecule has 1 heterocycles. The summed E-state index contributed by atoms with van der Waals surface area (Å²) in [6, 6.07) is 6.00. The number of aromatic nitrogens is 1. The standard InChI is InChI=1S/C29H42F2INO2Si/c1-17(2)25-23(26(34)18-11-13-19(14-12-18)29(8,30)31)24(32)22-20(33-25)15-28(6,7)16-21(22)35-36(9,10)27(3,4)5/h11-14,17,21,26,34H,15-16H2,1-10H3/t21-,26+/m0/s1. The van der Waals surface area contributed by atoms with Gasteiger partial charge in [-0.05, 0) is 70.5 Å². The van der Waals surface area contributed by atoms with Crippen molar-refractivity contribution in [3.63, 3.8) is 0 Å². The number of hydrogen-bond donors (Lipinski definition) is 1. The largest absolute Gasteiger partial charge is 0.410 e. The topological polar surface area (TPSA) is 42.4 Å². The molecule has 1 N–H and O–H groups in total. The van der Waals surface area contributed by atoms with E-state index < -0.39 is 20.3 Å². The maximum absolute atomic E-state index is 13.8. The van der Waals surface area contributed by atoms with Crippen LogP contribution in [0, 0.1) is 8.99 Å². The van der Waals surface area contributed by atoms with Crippen molar-refractivity contribution in [3.05, 3.63) is 61.5 Å². The first kappa shape index (κ1) is 29.6. The van der Waals surface area contributed by atoms with Gasteiger partial charge in [-0.3, -0.25) is 4.98 Å². The molecule has 2 atom stereocenters. The Hall–Kier alpha value is -0.903. The molecular weight excluding hydrogens is 587 g/mol. The van der Waals surface area contributed by atoms with Crippen LogP contribution in [-0.2, 0) is 16.8 Å². The monoisotopic (exact) mass is 629 g/mol. The predicted molar refractivity (Wildman–Crippen MR) is 154 cm³/mol. The predicted octanol–water partition coefficient (Wildman–Crippen LogP) is 9.04. The quantitative estimate of drug-likeness (QED) is 0.256. The van der Waals surface area contributed by atoms with Crippen LogP contribution in [0.15, 0.2) is 24.3 Å². The van der Waals surface area contributed by atoms with Crippen molar-refractivity contribution in [1.29, 1.82) is 0 Å². The average Bonchev–Trinajstić information content (AvgIpc) is 2.70. The van der Waals surface area contributed by atoms with Gasteiger partial charge in [0.2, 0.25) is 0 Å². The second-order valence-corrected chi connectivity index (χ2v) is 18.9. The van der Waals surface area contributed by atoms with Crippen LogP contribution in [0.5, 0.6) is 0 Å². The number of pyridine rings is 1. The number of fused-ring (bicyclic) bond motifs is 1. The van der Waals surface area contributed by atoms with Gasteiger partial charge < -0.3 is 9.53 Å². The lowest BCUT2D eigenvalue weighted by Crippen LogP contribution is -2.44. The zero-order chi connectivity index (χ0) is 27.4. The van der Waals surface area contributed by atoms with Crippen LogP contribution in [0.1, 0.15) is 114 Å². The Kier molecular flexibility index (Phi) is 8.24. The van der Waals surface area contributed by atoms with Crippen molar-refractivity contribution >= 4 is 30.9 Å². The Balaban J connectivity index is 2.18. The highest BCUT2D eigenvalue weighted by molar-refractivity contribution is 14.1. The van der Waals surface area contributed by atoms with Gasteiger partial charge in [0.1, 0.15) is 6.10 Å². The van der Waals surface area contributed by atoms with E-state index in [9.17, 15) is 13.9 Å². The summed E-state index contributed by atoms with van der Waals surface area (Å²) in [4.78, 5) is 5.17. The fourth-order valence-corrected chi connectivity index (χ4v) is 7.20. The highest BCUT2D eigenvalue weighted by Crippen LogP contribution is 2.50. The smallest absolute Gasteiger partial charge is 0.270 e. The van der Waals surface area contributed by atoms with E-state index in [1.807, 2.05) is 0 Å². The maximum atomic E-state index is 13.8. The number of hydrogen-bond acceptors (Lipinski definition) is 3. The average molecular weight is 630 g/mol. The van der Waals surface area contributed by atoms with Crippen LogP contribution >= 0.6 is 22.6 Å². The molecule has 1 aromatic carbocycles. The SMILES string of the molecule is CC(C)c1nc2c(c(I)c1[C@H](O)c1ccc(C(C)(F)F)cc1)[C@@H](O[Si](C)(C)C(C)(C)C)CC(C)(C)C2. The van der Waals surface area contributed by atoms with E-state index in [-0.39, 0.29) is 28.0 Å². The first-order valence-corrected chi connectivity index (χ1v) is 16.8. The molecular formula is C29H42F2INO2Si. The van der Waals surface area contributed by atoms with Gasteiger partial charge >= 0.3 is 0 Å². The molecule has 200 valence electrons. The van der Waals surface area contributed by atoms with Gasteiger partial charge in [-0.15, -0.1) is 0 Å². The first-order valence-electron chi connectivity index (χ1n) is 12.8. The summed E-state index contributed by atoms with van der Waals surface area (Å²) in [6.07, 6.45) is 0.681. The van der Waals surface area contributed by atoms with Crippen molar-refractivity contribution in [2.45, 2.75) is 110 Å². The van der Waals surface area contributed by atoms with Crippen molar-refractivity contribution < 1.29 is 18.3 Å². The molecule has 0 spiro atoms. The molecule has 36 heavy (non-hydrogen) atoms. The van der Waals surface area contributed by atoms with E-state index in [1.165, 1.54) is 12.1 Å². The van der Waals surface area contributed by atoms with Gasteiger partial charge in [0, 0.05) is 32.9 Å². The summed E-state index contributed by atoms with van der Waals surface area (Å²) in [5.41, 5.74) is 4.35. The van der Waals surface area contributed by atoms with Crippen molar-refractivity contribution in [2.24, 2.45) is 5.41 Å². The molecule has 3 rings (SSSR count). The Morgan fingerprint density at radius 1 is 1.11 bits per heavy atom. The lowest BCUT2D eigenvalue weighted by atomic mass is 9.74. The normalized spacial score (nSPS) is 19.4. The Bertz CT molecular complexity index is 1100. The zero-order valence-electron chi connectivity index (χ0n) is 23.4. The lowest BCUT2D eigenvalue weighted by Gasteiger charge is -2.44. The number of aliphatic hydroxyl groups is 1. The van der Waals surface area contributed by atoms with Gasteiger partial charge in [0.15, 0.2) is 8.32 Å². The number of benzene rings is 1. The maximum Gasteiger partial charge on any atom is 0.270 e. The summed E-state index contributed by atoms with van der Waals surface area (Å²) < 4.78 is 35.5. The molecule has 0 amide bonds. The summed E-state index contributed by atoms with van der Waals surface area (Å²) in [5, 5.41) is 11.7. The third-order valence-corrected chi connectivity index (χ3v) is 13.5. The summed E-state index contributed by atoms with van der Waals surface area (Å²) in [7, 11) is -2.08. The molecule has 0 unspecified atom stereocenters. The van der Waals surface area contributed by atoms with Crippen LogP contribution in [0.2, 0.25) is 18.1 Å². The number of aliphatic hydroxyl groups excluding tert-OH is 1. The highest BCUT2D eigenvalue weighted by atomic mass is 127. The molecule has 1 aromatic heterocycles. The fourth-order valence-electron chi connectivity index (χ4n) is 4.70. The molecule has 2 aromatic rings. The molecule has 1 aliphatic rings. The molecule has 0 fully saturated rings. The molecule has 0 radical (unpaired) electrons. The summed E-state index contributed by atoms with van der Waals surface area (Å²) in [5.74, 6) is -2.83. The van der Waals surface area contributed by atoms with E-state index in [4.69, 9.17) is 9.41 Å². The molecule has 0 aliphatic heterocycles. The first-order chi connectivity index (χ1) is 16.2. The summed E-state index contributed by atoms with van der Waals surface area (Å²) in [6.45, 7) is 20.9. The second kappa shape index (κ2) is 10.0. The molecule has 0 saturated carbocycles. The van der Waals surface area contributed by atoms with Crippen molar-refractivity contribution in [1.82, 2.24) is 4.98 Å². The third kappa shape index (κ3) is 6.05. The molecule has 1 aliphatic carbocycles. The number of rotatable bonds is 6. The Morgan fingerprint density at radius 3 is 2.14 bits per heavy atom. The second-order valence-electron chi connectivity index (χ2n) is 13.1. The number of halogens is 3. The van der Waals surface area contributed by atoms with Gasteiger partial charge in [0.25, 0.3) is 5.92 Å². The lowest BCUT2D eigenvalue weighted by molar-refractivity contribution is 0.0174. The summed E-state index contributed by atoms with van der Waals surface area (Å²) >= 11 is 2.36. The molecule has 7 heteroatoms.